The fraction of sp³-hybridized carbons (Fsp3) is 0.316. The van der Waals surface area contributed by atoms with Crippen molar-refractivity contribution in [2.24, 2.45) is 4.99 Å². The van der Waals surface area contributed by atoms with Gasteiger partial charge in [0, 0.05) is 24.9 Å². The van der Waals surface area contributed by atoms with Crippen LogP contribution in [-0.2, 0) is 10.0 Å². The fourth-order valence-electron chi connectivity index (χ4n) is 2.80. The van der Waals surface area contributed by atoms with Crippen molar-refractivity contribution in [1.82, 2.24) is 4.31 Å². The number of ether oxygens (including phenoxy) is 1. The minimum Gasteiger partial charge on any atom is -0.493 e. The Bertz CT molecular complexity index is 839. The molecule has 0 N–H and O–H groups in total. The molecule has 0 aliphatic carbocycles. The van der Waals surface area contributed by atoms with E-state index in [0.717, 1.165) is 24.2 Å². The first-order valence-electron chi connectivity index (χ1n) is 8.47. The second kappa shape index (κ2) is 7.80. The highest BCUT2D eigenvalue weighted by Crippen LogP contribution is 2.23. The maximum atomic E-state index is 12.5. The first kappa shape index (κ1) is 17.6. The van der Waals surface area contributed by atoms with Gasteiger partial charge < -0.3 is 4.74 Å². The van der Waals surface area contributed by atoms with Gasteiger partial charge in [-0.15, -0.1) is 0 Å². The summed E-state index contributed by atoms with van der Waals surface area (Å²) in [6.07, 6.45) is 3.59. The van der Waals surface area contributed by atoms with Crippen LogP contribution in [0.15, 0.2) is 58.4 Å². The third-order valence-electron chi connectivity index (χ3n) is 4.11. The van der Waals surface area contributed by atoms with Gasteiger partial charge in [-0.05, 0) is 56.2 Å². The van der Waals surface area contributed by atoms with Crippen molar-refractivity contribution in [3.05, 3.63) is 54.1 Å². The molecule has 25 heavy (non-hydrogen) atoms. The summed E-state index contributed by atoms with van der Waals surface area (Å²) in [5.41, 5.74) is 1.59. The molecule has 0 spiro atoms. The zero-order valence-corrected chi connectivity index (χ0v) is 15.1. The average molecular weight is 358 g/mol. The minimum absolute atomic E-state index is 0.322. The number of hydrogen-bond acceptors (Lipinski definition) is 4. The molecule has 0 atom stereocenters. The summed E-state index contributed by atoms with van der Waals surface area (Å²) < 4.78 is 32.1. The number of hydrogen-bond donors (Lipinski definition) is 0. The van der Waals surface area contributed by atoms with E-state index in [1.165, 1.54) is 0 Å². The van der Waals surface area contributed by atoms with Crippen LogP contribution in [0.4, 0.5) is 5.69 Å². The van der Waals surface area contributed by atoms with Gasteiger partial charge in [-0.3, -0.25) is 4.99 Å². The molecule has 0 unspecified atom stereocenters. The number of para-hydroxylation sites is 1. The highest BCUT2D eigenvalue weighted by atomic mass is 32.2. The van der Waals surface area contributed by atoms with Crippen molar-refractivity contribution in [3.8, 4) is 5.75 Å². The highest BCUT2D eigenvalue weighted by molar-refractivity contribution is 7.89. The molecule has 0 saturated carbocycles. The van der Waals surface area contributed by atoms with E-state index >= 15 is 0 Å². The molecule has 1 heterocycles. The quantitative estimate of drug-likeness (QED) is 0.741. The van der Waals surface area contributed by atoms with Crippen LogP contribution in [0.1, 0.15) is 25.3 Å². The lowest BCUT2D eigenvalue weighted by atomic mass is 10.2. The highest BCUT2D eigenvalue weighted by Gasteiger charge is 2.26. The SMILES string of the molecule is CCOc1ccccc1C=Nc1ccc(S(=O)(=O)N2CCCC2)cc1. The largest absolute Gasteiger partial charge is 0.493 e. The van der Waals surface area contributed by atoms with E-state index in [2.05, 4.69) is 4.99 Å². The van der Waals surface area contributed by atoms with Crippen LogP contribution < -0.4 is 4.74 Å². The zero-order chi connectivity index (χ0) is 17.7. The topological polar surface area (TPSA) is 59.0 Å². The van der Waals surface area contributed by atoms with Crippen molar-refractivity contribution in [2.75, 3.05) is 19.7 Å². The predicted octanol–water partition coefficient (Wildman–Crippen LogP) is 3.62. The number of sulfonamides is 1. The summed E-state index contributed by atoms with van der Waals surface area (Å²) in [4.78, 5) is 4.75. The maximum absolute atomic E-state index is 12.5. The molecular formula is C19H22N2O3S. The van der Waals surface area contributed by atoms with Crippen molar-refractivity contribution in [3.63, 3.8) is 0 Å². The summed E-state index contributed by atoms with van der Waals surface area (Å²) >= 11 is 0. The van der Waals surface area contributed by atoms with Gasteiger partial charge in [0.05, 0.1) is 17.2 Å². The second-order valence-electron chi connectivity index (χ2n) is 5.83. The van der Waals surface area contributed by atoms with E-state index in [0.29, 0.717) is 30.3 Å². The normalized spacial score (nSPS) is 15.7. The molecule has 0 radical (unpaired) electrons. The van der Waals surface area contributed by atoms with Crippen LogP contribution in [0.25, 0.3) is 0 Å². The van der Waals surface area contributed by atoms with E-state index in [1.807, 2.05) is 31.2 Å². The van der Waals surface area contributed by atoms with Gasteiger partial charge in [-0.25, -0.2) is 8.42 Å². The van der Waals surface area contributed by atoms with Crippen LogP contribution in [-0.4, -0.2) is 38.6 Å². The van der Waals surface area contributed by atoms with Crippen LogP contribution in [0.2, 0.25) is 0 Å². The fourth-order valence-corrected chi connectivity index (χ4v) is 4.32. The smallest absolute Gasteiger partial charge is 0.243 e. The molecule has 2 aromatic rings. The zero-order valence-electron chi connectivity index (χ0n) is 14.3. The Morgan fingerprint density at radius 2 is 1.76 bits per heavy atom. The van der Waals surface area contributed by atoms with E-state index in [4.69, 9.17) is 4.74 Å². The van der Waals surface area contributed by atoms with Crippen LogP contribution in [0.5, 0.6) is 5.75 Å². The maximum Gasteiger partial charge on any atom is 0.243 e. The van der Waals surface area contributed by atoms with Crippen molar-refractivity contribution in [2.45, 2.75) is 24.7 Å². The third-order valence-corrected chi connectivity index (χ3v) is 6.02. The predicted molar refractivity (Wildman–Crippen MR) is 99.3 cm³/mol. The van der Waals surface area contributed by atoms with Crippen molar-refractivity contribution in [1.29, 1.82) is 0 Å². The molecule has 6 heteroatoms. The van der Waals surface area contributed by atoms with Gasteiger partial charge in [-0.2, -0.15) is 4.31 Å². The summed E-state index contributed by atoms with van der Waals surface area (Å²) in [7, 11) is -3.38. The molecular weight excluding hydrogens is 336 g/mol. The Kier molecular flexibility index (Phi) is 5.50. The summed E-state index contributed by atoms with van der Waals surface area (Å²) in [5.74, 6) is 0.780. The lowest BCUT2D eigenvalue weighted by Crippen LogP contribution is -2.27. The van der Waals surface area contributed by atoms with Crippen LogP contribution >= 0.6 is 0 Å². The van der Waals surface area contributed by atoms with Gasteiger partial charge >= 0.3 is 0 Å². The van der Waals surface area contributed by atoms with E-state index in [9.17, 15) is 8.42 Å². The Morgan fingerprint density at radius 1 is 1.08 bits per heavy atom. The number of nitrogens with zero attached hydrogens (tertiary/aromatic N) is 2. The third kappa shape index (κ3) is 4.08. The number of benzene rings is 2. The molecule has 1 saturated heterocycles. The van der Waals surface area contributed by atoms with Gasteiger partial charge in [0.25, 0.3) is 0 Å². The number of aliphatic imine (C=N–C) groups is 1. The van der Waals surface area contributed by atoms with Crippen molar-refractivity contribution >= 4 is 21.9 Å². The van der Waals surface area contributed by atoms with E-state index < -0.39 is 10.0 Å². The summed E-state index contributed by atoms with van der Waals surface area (Å²) in [5, 5.41) is 0. The molecule has 5 nitrogen and oxygen atoms in total. The molecule has 1 aliphatic heterocycles. The standard InChI is InChI=1S/C19H22N2O3S/c1-2-24-19-8-4-3-7-16(19)15-20-17-9-11-18(12-10-17)25(22,23)21-13-5-6-14-21/h3-4,7-12,15H,2,5-6,13-14H2,1H3. The molecule has 1 fully saturated rings. The van der Waals surface area contributed by atoms with Gasteiger partial charge in [-0.1, -0.05) is 12.1 Å². The van der Waals surface area contributed by atoms with Gasteiger partial charge in [0.2, 0.25) is 10.0 Å². The summed E-state index contributed by atoms with van der Waals surface area (Å²) in [6.45, 7) is 3.74. The van der Waals surface area contributed by atoms with E-state index in [1.54, 1.807) is 34.8 Å². The average Bonchev–Trinajstić information content (AvgIpc) is 3.17. The molecule has 132 valence electrons. The molecule has 0 aromatic heterocycles. The summed E-state index contributed by atoms with van der Waals surface area (Å²) in [6, 6.07) is 14.4. The van der Waals surface area contributed by atoms with Gasteiger partial charge in [0.15, 0.2) is 0 Å². The Morgan fingerprint density at radius 3 is 2.44 bits per heavy atom. The minimum atomic E-state index is -3.38. The molecule has 1 aliphatic rings. The lowest BCUT2D eigenvalue weighted by Gasteiger charge is -2.15. The van der Waals surface area contributed by atoms with Crippen LogP contribution in [0.3, 0.4) is 0 Å². The van der Waals surface area contributed by atoms with E-state index in [-0.39, 0.29) is 0 Å². The monoisotopic (exact) mass is 358 g/mol. The Labute approximate surface area is 149 Å². The lowest BCUT2D eigenvalue weighted by molar-refractivity contribution is 0.340. The Hall–Kier alpha value is -2.18. The second-order valence-corrected chi connectivity index (χ2v) is 7.77. The molecule has 0 amide bonds. The Balaban J connectivity index is 1.77. The first-order chi connectivity index (χ1) is 12.1. The molecule has 3 rings (SSSR count). The van der Waals surface area contributed by atoms with Gasteiger partial charge in [0.1, 0.15) is 5.75 Å². The number of rotatable bonds is 6. The van der Waals surface area contributed by atoms with Crippen LogP contribution in [0, 0.1) is 0 Å². The first-order valence-corrected chi connectivity index (χ1v) is 9.91. The van der Waals surface area contributed by atoms with Crippen molar-refractivity contribution < 1.29 is 13.2 Å². The molecule has 2 aromatic carbocycles. The molecule has 0 bridgehead atoms.